The van der Waals surface area contributed by atoms with E-state index in [9.17, 15) is 9.59 Å². The fourth-order valence-corrected chi connectivity index (χ4v) is 2.69. The third-order valence-electron chi connectivity index (χ3n) is 3.23. The molecule has 1 rings (SSSR count). The van der Waals surface area contributed by atoms with Crippen LogP contribution >= 0.6 is 0 Å². The first-order chi connectivity index (χ1) is 7.74. The summed E-state index contributed by atoms with van der Waals surface area (Å²) in [6.07, 6.45) is 2.16. The number of rotatable bonds is 4. The zero-order chi connectivity index (χ0) is 13.2. The molecule has 0 radical (unpaired) electrons. The summed E-state index contributed by atoms with van der Waals surface area (Å²) in [6, 6.07) is -0.424. The molecule has 0 aromatic carbocycles. The SMILES string of the molecule is CC[C@H](C(N)=O)N1C[C@H](CC(C)(C)C)CC1=O. The van der Waals surface area contributed by atoms with Crippen molar-refractivity contribution in [2.24, 2.45) is 17.1 Å². The average Bonchev–Trinajstić information content (AvgIpc) is 2.44. The van der Waals surface area contributed by atoms with Crippen LogP contribution < -0.4 is 5.73 Å². The molecule has 2 amide bonds. The van der Waals surface area contributed by atoms with Gasteiger partial charge in [-0.2, -0.15) is 0 Å². The Morgan fingerprint density at radius 2 is 2.12 bits per heavy atom. The van der Waals surface area contributed by atoms with Crippen LogP contribution in [0.4, 0.5) is 0 Å². The highest BCUT2D eigenvalue weighted by atomic mass is 16.2. The van der Waals surface area contributed by atoms with Gasteiger partial charge in [0.25, 0.3) is 0 Å². The van der Waals surface area contributed by atoms with Crippen LogP contribution in [0.2, 0.25) is 0 Å². The van der Waals surface area contributed by atoms with Crippen molar-refractivity contribution in [1.29, 1.82) is 0 Å². The van der Waals surface area contributed by atoms with E-state index in [1.165, 1.54) is 0 Å². The van der Waals surface area contributed by atoms with Crippen LogP contribution in [0.25, 0.3) is 0 Å². The quantitative estimate of drug-likeness (QED) is 0.810. The number of nitrogens with two attached hydrogens (primary N) is 1. The molecule has 0 bridgehead atoms. The van der Waals surface area contributed by atoms with E-state index >= 15 is 0 Å². The Hall–Kier alpha value is -1.06. The molecule has 4 nitrogen and oxygen atoms in total. The Bertz CT molecular complexity index is 307. The molecule has 1 aliphatic rings. The molecule has 17 heavy (non-hydrogen) atoms. The number of carbonyl (C=O) groups is 2. The van der Waals surface area contributed by atoms with Crippen LogP contribution in [-0.2, 0) is 9.59 Å². The predicted octanol–water partition coefficient (Wildman–Crippen LogP) is 1.53. The maximum absolute atomic E-state index is 11.9. The second kappa shape index (κ2) is 5.07. The predicted molar refractivity (Wildman–Crippen MR) is 67.2 cm³/mol. The van der Waals surface area contributed by atoms with E-state index in [0.29, 0.717) is 25.3 Å². The number of hydrogen-bond acceptors (Lipinski definition) is 2. The molecule has 1 fully saturated rings. The molecule has 1 heterocycles. The summed E-state index contributed by atoms with van der Waals surface area (Å²) >= 11 is 0. The molecule has 0 spiro atoms. The Balaban J connectivity index is 2.67. The van der Waals surface area contributed by atoms with Gasteiger partial charge in [-0.3, -0.25) is 9.59 Å². The lowest BCUT2D eigenvalue weighted by Gasteiger charge is -2.26. The smallest absolute Gasteiger partial charge is 0.240 e. The van der Waals surface area contributed by atoms with Gasteiger partial charge in [0.05, 0.1) is 0 Å². The van der Waals surface area contributed by atoms with Crippen molar-refractivity contribution < 1.29 is 9.59 Å². The highest BCUT2D eigenvalue weighted by Gasteiger charge is 2.37. The standard InChI is InChI=1S/C13H24N2O2/c1-5-10(12(14)17)15-8-9(6-11(15)16)7-13(2,3)4/h9-10H,5-8H2,1-4H3,(H2,14,17)/t9-,10+/m0/s1. The van der Waals surface area contributed by atoms with Crippen LogP contribution in [0.15, 0.2) is 0 Å². The van der Waals surface area contributed by atoms with Gasteiger partial charge < -0.3 is 10.6 Å². The third-order valence-corrected chi connectivity index (χ3v) is 3.23. The lowest BCUT2D eigenvalue weighted by atomic mass is 9.84. The molecule has 2 atom stereocenters. The first-order valence-corrected chi connectivity index (χ1v) is 6.33. The monoisotopic (exact) mass is 240 g/mol. The van der Waals surface area contributed by atoms with Crippen molar-refractivity contribution in [3.63, 3.8) is 0 Å². The fourth-order valence-electron chi connectivity index (χ4n) is 2.69. The number of likely N-dealkylation sites (tertiary alicyclic amines) is 1. The third kappa shape index (κ3) is 3.72. The summed E-state index contributed by atoms with van der Waals surface area (Å²) < 4.78 is 0. The minimum atomic E-state index is -0.424. The van der Waals surface area contributed by atoms with E-state index in [0.717, 1.165) is 6.42 Å². The van der Waals surface area contributed by atoms with Crippen LogP contribution in [0.5, 0.6) is 0 Å². The van der Waals surface area contributed by atoms with E-state index < -0.39 is 11.9 Å². The van der Waals surface area contributed by atoms with Crippen molar-refractivity contribution in [3.8, 4) is 0 Å². The number of amides is 2. The minimum absolute atomic E-state index is 0.0740. The minimum Gasteiger partial charge on any atom is -0.368 e. The molecule has 0 aliphatic carbocycles. The van der Waals surface area contributed by atoms with Crippen molar-refractivity contribution in [3.05, 3.63) is 0 Å². The van der Waals surface area contributed by atoms with Crippen LogP contribution in [0, 0.1) is 11.3 Å². The number of hydrogen-bond donors (Lipinski definition) is 1. The second-order valence-corrected chi connectivity index (χ2v) is 6.21. The van der Waals surface area contributed by atoms with Crippen molar-refractivity contribution >= 4 is 11.8 Å². The summed E-state index contributed by atoms with van der Waals surface area (Å²) in [6.45, 7) is 9.08. The van der Waals surface area contributed by atoms with Crippen LogP contribution in [0.3, 0.4) is 0 Å². The maximum atomic E-state index is 11.9. The summed E-state index contributed by atoms with van der Waals surface area (Å²) in [5.74, 6) is 0.0399. The summed E-state index contributed by atoms with van der Waals surface area (Å²) in [5, 5.41) is 0. The molecule has 2 N–H and O–H groups in total. The summed E-state index contributed by atoms with van der Waals surface area (Å²) in [4.78, 5) is 24.8. The van der Waals surface area contributed by atoms with E-state index in [2.05, 4.69) is 20.8 Å². The highest BCUT2D eigenvalue weighted by Crippen LogP contribution is 2.32. The van der Waals surface area contributed by atoms with E-state index in [-0.39, 0.29) is 11.3 Å². The van der Waals surface area contributed by atoms with Crippen molar-refractivity contribution in [2.75, 3.05) is 6.54 Å². The molecule has 1 saturated heterocycles. The summed E-state index contributed by atoms with van der Waals surface area (Å²) in [5.41, 5.74) is 5.55. The normalized spacial score (nSPS) is 22.9. The van der Waals surface area contributed by atoms with E-state index in [4.69, 9.17) is 5.73 Å². The van der Waals surface area contributed by atoms with Gasteiger partial charge in [-0.1, -0.05) is 27.7 Å². The molecular formula is C13H24N2O2. The lowest BCUT2D eigenvalue weighted by molar-refractivity contribution is -0.136. The van der Waals surface area contributed by atoms with Gasteiger partial charge in [-0.25, -0.2) is 0 Å². The van der Waals surface area contributed by atoms with Gasteiger partial charge >= 0.3 is 0 Å². The van der Waals surface area contributed by atoms with E-state index in [1.807, 2.05) is 6.92 Å². The lowest BCUT2D eigenvalue weighted by Crippen LogP contribution is -2.45. The second-order valence-electron chi connectivity index (χ2n) is 6.21. The Labute approximate surface area is 104 Å². The molecule has 0 unspecified atom stereocenters. The van der Waals surface area contributed by atoms with Gasteiger partial charge in [-0.05, 0) is 24.2 Å². The van der Waals surface area contributed by atoms with Gasteiger partial charge in [0.1, 0.15) is 6.04 Å². The number of carbonyl (C=O) groups excluding carboxylic acids is 2. The van der Waals surface area contributed by atoms with Crippen molar-refractivity contribution in [1.82, 2.24) is 4.90 Å². The highest BCUT2D eigenvalue weighted by molar-refractivity contribution is 5.87. The Morgan fingerprint density at radius 3 is 2.53 bits per heavy atom. The maximum Gasteiger partial charge on any atom is 0.240 e. The van der Waals surface area contributed by atoms with Gasteiger partial charge in [0.2, 0.25) is 11.8 Å². The number of nitrogens with zero attached hydrogens (tertiary/aromatic N) is 1. The van der Waals surface area contributed by atoms with Gasteiger partial charge in [-0.15, -0.1) is 0 Å². The zero-order valence-electron chi connectivity index (χ0n) is 11.3. The first kappa shape index (κ1) is 14.0. The molecule has 0 aromatic heterocycles. The van der Waals surface area contributed by atoms with Crippen molar-refractivity contribution in [2.45, 2.75) is 53.0 Å². The number of primary amides is 1. The zero-order valence-corrected chi connectivity index (χ0v) is 11.3. The van der Waals surface area contributed by atoms with E-state index in [1.54, 1.807) is 4.90 Å². The van der Waals surface area contributed by atoms with Gasteiger partial charge in [0, 0.05) is 13.0 Å². The molecule has 4 heteroatoms. The Kier molecular flexibility index (Phi) is 4.17. The fraction of sp³-hybridized carbons (Fsp3) is 0.846. The summed E-state index contributed by atoms with van der Waals surface area (Å²) in [7, 11) is 0. The molecule has 98 valence electrons. The van der Waals surface area contributed by atoms with Crippen LogP contribution in [-0.4, -0.2) is 29.3 Å². The molecule has 0 saturated carbocycles. The van der Waals surface area contributed by atoms with Gasteiger partial charge in [0.15, 0.2) is 0 Å². The molecule has 1 aliphatic heterocycles. The topological polar surface area (TPSA) is 63.4 Å². The average molecular weight is 240 g/mol. The van der Waals surface area contributed by atoms with Crippen LogP contribution in [0.1, 0.15) is 47.0 Å². The molecular weight excluding hydrogens is 216 g/mol. The molecule has 0 aromatic rings. The Morgan fingerprint density at radius 1 is 1.53 bits per heavy atom. The first-order valence-electron chi connectivity index (χ1n) is 6.33. The largest absolute Gasteiger partial charge is 0.368 e.